The number of anilines is 1. The highest BCUT2D eigenvalue weighted by atomic mass is 79.9. The molecule has 1 amide bonds. The van der Waals surface area contributed by atoms with Crippen molar-refractivity contribution in [3.8, 4) is 5.75 Å². The van der Waals surface area contributed by atoms with Crippen molar-refractivity contribution in [2.75, 3.05) is 12.4 Å². The van der Waals surface area contributed by atoms with E-state index in [1.165, 1.54) is 12.8 Å². The Hall–Kier alpha value is -1.07. The Morgan fingerprint density at radius 2 is 2.10 bits per heavy atom. The molecule has 0 bridgehead atoms. The van der Waals surface area contributed by atoms with Gasteiger partial charge in [0, 0.05) is 5.69 Å². The molecule has 1 aromatic carbocycles. The molecule has 1 unspecified atom stereocenters. The second-order valence-corrected chi connectivity index (χ2v) is 5.88. The first kappa shape index (κ1) is 15.3. The van der Waals surface area contributed by atoms with Gasteiger partial charge in [-0.1, -0.05) is 12.8 Å². The van der Waals surface area contributed by atoms with E-state index in [-0.39, 0.29) is 12.0 Å². The minimum absolute atomic E-state index is 0.117. The molecule has 110 valence electrons. The van der Waals surface area contributed by atoms with Crippen LogP contribution in [0.5, 0.6) is 5.75 Å². The maximum absolute atomic E-state index is 12.1. The molecule has 0 aliphatic heterocycles. The number of nitrogens with one attached hydrogen (secondary N) is 1. The van der Waals surface area contributed by atoms with Gasteiger partial charge in [0.25, 0.3) is 5.91 Å². The molecule has 20 heavy (non-hydrogen) atoms. The number of halogens is 1. The van der Waals surface area contributed by atoms with Crippen LogP contribution in [0.3, 0.4) is 0 Å². The summed E-state index contributed by atoms with van der Waals surface area (Å²) in [5.74, 6) is 0.618. The lowest BCUT2D eigenvalue weighted by molar-refractivity contribution is -0.129. The van der Waals surface area contributed by atoms with Crippen molar-refractivity contribution >= 4 is 27.5 Å². The number of amides is 1. The highest BCUT2D eigenvalue weighted by molar-refractivity contribution is 9.10. The fraction of sp³-hybridized carbons (Fsp3) is 0.533. The molecular formula is C15H20BrNO3. The van der Waals surface area contributed by atoms with Crippen LogP contribution < -0.4 is 10.1 Å². The summed E-state index contributed by atoms with van der Waals surface area (Å²) in [5, 5.41) is 2.86. The summed E-state index contributed by atoms with van der Waals surface area (Å²) in [4.78, 5) is 12.1. The van der Waals surface area contributed by atoms with E-state index in [0.717, 1.165) is 28.8 Å². The van der Waals surface area contributed by atoms with Crippen molar-refractivity contribution in [2.24, 2.45) is 0 Å². The Bertz CT molecular complexity index is 472. The predicted molar refractivity (Wildman–Crippen MR) is 82.1 cm³/mol. The third kappa shape index (κ3) is 3.96. The minimum Gasteiger partial charge on any atom is -0.496 e. The van der Waals surface area contributed by atoms with Gasteiger partial charge in [0.05, 0.1) is 17.7 Å². The monoisotopic (exact) mass is 341 g/mol. The van der Waals surface area contributed by atoms with E-state index in [4.69, 9.17) is 9.47 Å². The fourth-order valence-corrected chi connectivity index (χ4v) is 2.90. The normalized spacial score (nSPS) is 16.9. The molecule has 0 heterocycles. The lowest BCUT2D eigenvalue weighted by Gasteiger charge is -2.18. The van der Waals surface area contributed by atoms with E-state index in [2.05, 4.69) is 21.2 Å². The molecule has 1 fully saturated rings. The van der Waals surface area contributed by atoms with Gasteiger partial charge in [-0.05, 0) is 53.9 Å². The van der Waals surface area contributed by atoms with Crippen molar-refractivity contribution in [1.29, 1.82) is 0 Å². The zero-order valence-corrected chi connectivity index (χ0v) is 13.4. The van der Waals surface area contributed by atoms with Gasteiger partial charge in [0.1, 0.15) is 11.9 Å². The molecular weight excluding hydrogens is 322 g/mol. The zero-order chi connectivity index (χ0) is 14.5. The molecule has 5 heteroatoms. The topological polar surface area (TPSA) is 47.6 Å². The Labute approximate surface area is 128 Å². The predicted octanol–water partition coefficient (Wildman–Crippen LogP) is 3.74. The Morgan fingerprint density at radius 1 is 1.40 bits per heavy atom. The Morgan fingerprint density at radius 3 is 2.70 bits per heavy atom. The van der Waals surface area contributed by atoms with Crippen LogP contribution in [0.2, 0.25) is 0 Å². The number of methoxy groups -OCH3 is 1. The van der Waals surface area contributed by atoms with Crippen molar-refractivity contribution in [3.05, 3.63) is 22.7 Å². The second kappa shape index (κ2) is 7.09. The lowest BCUT2D eigenvalue weighted by atomic mass is 10.2. The van der Waals surface area contributed by atoms with Crippen molar-refractivity contribution in [1.82, 2.24) is 0 Å². The standard InChI is InChI=1S/C15H20BrNO3/c1-10(20-12-5-3-4-6-12)15(18)17-11-7-8-14(19-2)13(16)9-11/h7-10,12H,3-6H2,1-2H3,(H,17,18). The summed E-state index contributed by atoms with van der Waals surface area (Å²) in [7, 11) is 1.61. The van der Waals surface area contributed by atoms with Gasteiger partial charge in [-0.15, -0.1) is 0 Å². The van der Waals surface area contributed by atoms with Gasteiger partial charge >= 0.3 is 0 Å². The maximum atomic E-state index is 12.1. The summed E-state index contributed by atoms with van der Waals surface area (Å²) in [6, 6.07) is 5.44. The van der Waals surface area contributed by atoms with E-state index in [1.54, 1.807) is 14.0 Å². The molecule has 1 N–H and O–H groups in total. The van der Waals surface area contributed by atoms with Gasteiger partial charge in [-0.2, -0.15) is 0 Å². The molecule has 1 aliphatic carbocycles. The summed E-state index contributed by atoms with van der Waals surface area (Å²) in [6.45, 7) is 1.80. The molecule has 2 rings (SSSR count). The molecule has 1 aromatic rings. The minimum atomic E-state index is -0.432. The first-order valence-electron chi connectivity index (χ1n) is 6.90. The first-order valence-corrected chi connectivity index (χ1v) is 7.69. The van der Waals surface area contributed by atoms with E-state index < -0.39 is 6.10 Å². The van der Waals surface area contributed by atoms with Crippen LogP contribution in [0.15, 0.2) is 22.7 Å². The number of carbonyl (C=O) groups excluding carboxylic acids is 1. The van der Waals surface area contributed by atoms with Gasteiger partial charge in [0.2, 0.25) is 0 Å². The molecule has 1 atom stereocenters. The number of rotatable bonds is 5. The molecule has 4 nitrogen and oxygen atoms in total. The van der Waals surface area contributed by atoms with Crippen LogP contribution in [-0.2, 0) is 9.53 Å². The fourth-order valence-electron chi connectivity index (χ4n) is 2.36. The molecule has 0 saturated heterocycles. The summed E-state index contributed by atoms with van der Waals surface area (Å²) in [6.07, 6.45) is 4.32. The number of hydrogen-bond donors (Lipinski definition) is 1. The molecule has 1 saturated carbocycles. The van der Waals surface area contributed by atoms with Crippen LogP contribution in [0.1, 0.15) is 32.6 Å². The van der Waals surface area contributed by atoms with Crippen molar-refractivity contribution < 1.29 is 14.3 Å². The van der Waals surface area contributed by atoms with Gasteiger partial charge in [0.15, 0.2) is 0 Å². The van der Waals surface area contributed by atoms with E-state index in [9.17, 15) is 4.79 Å². The molecule has 1 aliphatic rings. The third-order valence-corrected chi connectivity index (χ3v) is 4.11. The average Bonchev–Trinajstić information content (AvgIpc) is 2.91. The highest BCUT2D eigenvalue weighted by Gasteiger charge is 2.22. The molecule has 0 aromatic heterocycles. The highest BCUT2D eigenvalue weighted by Crippen LogP contribution is 2.28. The number of benzene rings is 1. The van der Waals surface area contributed by atoms with Crippen LogP contribution in [-0.4, -0.2) is 25.2 Å². The van der Waals surface area contributed by atoms with Gasteiger partial charge in [-0.3, -0.25) is 4.79 Å². The summed E-state index contributed by atoms with van der Waals surface area (Å²) < 4.78 is 11.7. The van der Waals surface area contributed by atoms with Crippen LogP contribution in [0, 0.1) is 0 Å². The average molecular weight is 342 g/mol. The van der Waals surface area contributed by atoms with E-state index >= 15 is 0 Å². The quantitative estimate of drug-likeness (QED) is 0.887. The number of carbonyl (C=O) groups is 1. The third-order valence-electron chi connectivity index (χ3n) is 3.49. The lowest BCUT2D eigenvalue weighted by Crippen LogP contribution is -2.30. The van der Waals surface area contributed by atoms with Crippen LogP contribution in [0.4, 0.5) is 5.69 Å². The SMILES string of the molecule is COc1ccc(NC(=O)C(C)OC2CCCC2)cc1Br. The van der Waals surface area contributed by atoms with Crippen LogP contribution in [0.25, 0.3) is 0 Å². The van der Waals surface area contributed by atoms with Crippen LogP contribution >= 0.6 is 15.9 Å². The Balaban J connectivity index is 1.91. The first-order chi connectivity index (χ1) is 9.60. The van der Waals surface area contributed by atoms with E-state index in [1.807, 2.05) is 18.2 Å². The van der Waals surface area contributed by atoms with E-state index in [0.29, 0.717) is 0 Å². The smallest absolute Gasteiger partial charge is 0.253 e. The summed E-state index contributed by atoms with van der Waals surface area (Å²) in [5.41, 5.74) is 0.726. The second-order valence-electron chi connectivity index (χ2n) is 5.02. The van der Waals surface area contributed by atoms with Gasteiger partial charge < -0.3 is 14.8 Å². The van der Waals surface area contributed by atoms with Gasteiger partial charge in [-0.25, -0.2) is 0 Å². The maximum Gasteiger partial charge on any atom is 0.253 e. The van der Waals surface area contributed by atoms with Crippen molar-refractivity contribution in [2.45, 2.75) is 44.8 Å². The molecule has 0 radical (unpaired) electrons. The van der Waals surface area contributed by atoms with Crippen molar-refractivity contribution in [3.63, 3.8) is 0 Å². The zero-order valence-electron chi connectivity index (χ0n) is 11.8. The summed E-state index contributed by atoms with van der Waals surface area (Å²) >= 11 is 3.40. The number of ether oxygens (including phenoxy) is 2. The Kier molecular flexibility index (Phi) is 5.43. The largest absolute Gasteiger partial charge is 0.496 e. The number of hydrogen-bond acceptors (Lipinski definition) is 3. The molecule has 0 spiro atoms.